The molecular weight excluding hydrogens is 434 g/mol. The molecule has 30 heavy (non-hydrogen) atoms. The Morgan fingerprint density at radius 3 is 2.47 bits per heavy atom. The summed E-state index contributed by atoms with van der Waals surface area (Å²) in [6.45, 7) is 0.399. The summed E-state index contributed by atoms with van der Waals surface area (Å²) in [7, 11) is 0. The van der Waals surface area contributed by atoms with Gasteiger partial charge in [-0.05, 0) is 24.5 Å². The summed E-state index contributed by atoms with van der Waals surface area (Å²) in [5, 5.41) is 36.7. The van der Waals surface area contributed by atoms with Crippen LogP contribution in [0.1, 0.15) is 28.3 Å². The Labute approximate surface area is 179 Å². The zero-order valence-electron chi connectivity index (χ0n) is 15.3. The van der Waals surface area contributed by atoms with Gasteiger partial charge in [0.25, 0.3) is 11.4 Å². The minimum Gasteiger partial charge on any atom is -0.545 e. The maximum absolute atomic E-state index is 11.6. The molecule has 2 aliphatic rings. The molecule has 0 unspecified atom stereocenters. The monoisotopic (exact) mass is 448 g/mol. The molecule has 4 rings (SSSR count). The second-order valence-corrected chi connectivity index (χ2v) is 8.98. The van der Waals surface area contributed by atoms with E-state index in [4.69, 9.17) is 11.6 Å². The second kappa shape index (κ2) is 7.77. The van der Waals surface area contributed by atoms with Gasteiger partial charge in [-0.3, -0.25) is 20.2 Å². The number of rotatable bonds is 5. The second-order valence-electron chi connectivity index (χ2n) is 7.19. The number of nitro groups is 2. The van der Waals surface area contributed by atoms with Crippen molar-refractivity contribution in [1.29, 1.82) is 0 Å². The predicted molar refractivity (Wildman–Crippen MR) is 109 cm³/mol. The molecule has 2 aromatic carbocycles. The highest BCUT2D eigenvalue weighted by Gasteiger charge is 2.49. The zero-order valence-corrected chi connectivity index (χ0v) is 16.9. The Hall–Kier alpha value is -2.85. The molecule has 1 aliphatic heterocycles. The van der Waals surface area contributed by atoms with Crippen molar-refractivity contribution >= 4 is 46.4 Å². The maximum atomic E-state index is 11.6. The molecule has 0 aromatic heterocycles. The Balaban J connectivity index is 1.73. The van der Waals surface area contributed by atoms with Gasteiger partial charge in [0.1, 0.15) is 0 Å². The van der Waals surface area contributed by atoms with Gasteiger partial charge >= 0.3 is 0 Å². The molecule has 0 radical (unpaired) electrons. The normalized spacial score (nSPS) is 24.4. The minimum absolute atomic E-state index is 0.0232. The van der Waals surface area contributed by atoms with E-state index >= 15 is 0 Å². The van der Waals surface area contributed by atoms with E-state index in [0.717, 1.165) is 6.07 Å². The van der Waals surface area contributed by atoms with Gasteiger partial charge in [-0.1, -0.05) is 12.1 Å². The average Bonchev–Trinajstić information content (AvgIpc) is 3.02. The molecule has 0 spiro atoms. The van der Waals surface area contributed by atoms with E-state index < -0.39 is 27.1 Å². The molecule has 1 N–H and O–H groups in total. The topological polar surface area (TPSA) is 138 Å². The minimum atomic E-state index is -1.43. The number of aromatic carboxylic acids is 1. The summed E-state index contributed by atoms with van der Waals surface area (Å²) in [4.78, 5) is 33.9. The fourth-order valence-electron chi connectivity index (χ4n) is 4.35. The number of carboxylic acid groups (broad SMARTS) is 1. The summed E-state index contributed by atoms with van der Waals surface area (Å²) in [5.74, 6) is -1.96. The van der Waals surface area contributed by atoms with E-state index in [9.17, 15) is 30.1 Å². The highest BCUT2D eigenvalue weighted by Crippen LogP contribution is 2.55. The number of anilines is 1. The SMILES string of the molecule is O=C([O-])c1ccc([N+](=O)[O-])c2c1NC[C@@H]1C[C@@H](Sc3ccccc3[N+](=O)[O-])[C@H](Cl)[C@H]21. The standard InChI is InChI=1S/C19H16ClN3O6S/c20-17-14(30-13-4-2-1-3-11(13)22(26)27)7-9-8-21-18-10(19(24)25)5-6-12(23(28)29)16(18)15(9)17/h1-6,9,14-15,17,21H,7-8H2,(H,24,25)/p-1/t9-,14+,15-,17-/m0/s1. The third kappa shape index (κ3) is 3.35. The van der Waals surface area contributed by atoms with E-state index in [1.54, 1.807) is 18.2 Å². The highest BCUT2D eigenvalue weighted by molar-refractivity contribution is 8.00. The van der Waals surface area contributed by atoms with Gasteiger partial charge in [-0.15, -0.1) is 23.4 Å². The number of benzene rings is 2. The van der Waals surface area contributed by atoms with Crippen LogP contribution in [-0.2, 0) is 0 Å². The van der Waals surface area contributed by atoms with Crippen LogP contribution >= 0.6 is 23.4 Å². The Kier molecular flexibility index (Phi) is 5.29. The van der Waals surface area contributed by atoms with Gasteiger partial charge in [-0.25, -0.2) is 0 Å². The number of hydrogen-bond acceptors (Lipinski definition) is 8. The first-order chi connectivity index (χ1) is 14.3. The summed E-state index contributed by atoms with van der Waals surface area (Å²) in [6.07, 6.45) is 0.578. The molecule has 4 atom stereocenters. The summed E-state index contributed by atoms with van der Waals surface area (Å²) in [5.41, 5.74) is 0.0768. The number of hydrogen-bond donors (Lipinski definition) is 1. The number of alkyl halides is 1. The third-order valence-electron chi connectivity index (χ3n) is 5.59. The van der Waals surface area contributed by atoms with Crippen LogP contribution in [0.3, 0.4) is 0 Å². The van der Waals surface area contributed by atoms with E-state index in [2.05, 4.69) is 5.32 Å². The molecule has 11 heteroatoms. The lowest BCUT2D eigenvalue weighted by molar-refractivity contribution is -0.387. The lowest BCUT2D eigenvalue weighted by Gasteiger charge is -2.32. The van der Waals surface area contributed by atoms with Crippen LogP contribution in [0.2, 0.25) is 0 Å². The average molecular weight is 449 g/mol. The first kappa shape index (κ1) is 20.4. The summed E-state index contributed by atoms with van der Waals surface area (Å²) < 4.78 is 0. The van der Waals surface area contributed by atoms with Gasteiger partial charge in [-0.2, -0.15) is 0 Å². The van der Waals surface area contributed by atoms with Crippen molar-refractivity contribution in [3.63, 3.8) is 0 Å². The number of nitrogens with one attached hydrogen (secondary N) is 1. The van der Waals surface area contributed by atoms with Gasteiger partial charge < -0.3 is 15.2 Å². The predicted octanol–water partition coefficient (Wildman–Crippen LogP) is 3.16. The van der Waals surface area contributed by atoms with Crippen LogP contribution in [0.25, 0.3) is 0 Å². The smallest absolute Gasteiger partial charge is 0.282 e. The third-order valence-corrected chi connectivity index (χ3v) is 7.71. The number of carbonyl (C=O) groups is 1. The van der Waals surface area contributed by atoms with Gasteiger partial charge in [0.05, 0.1) is 37.3 Å². The highest BCUT2D eigenvalue weighted by atomic mass is 35.5. The van der Waals surface area contributed by atoms with Crippen LogP contribution in [0, 0.1) is 26.1 Å². The Morgan fingerprint density at radius 1 is 1.10 bits per heavy atom. The number of carbonyl (C=O) groups excluding carboxylic acids is 1. The molecule has 2 aromatic rings. The van der Waals surface area contributed by atoms with Crippen LogP contribution < -0.4 is 10.4 Å². The summed E-state index contributed by atoms with van der Waals surface area (Å²) in [6, 6.07) is 8.68. The van der Waals surface area contributed by atoms with Gasteiger partial charge in [0.15, 0.2) is 0 Å². The van der Waals surface area contributed by atoms with Crippen LogP contribution in [-0.4, -0.2) is 33.0 Å². The first-order valence-electron chi connectivity index (χ1n) is 9.10. The maximum Gasteiger partial charge on any atom is 0.282 e. The fraction of sp³-hybridized carbons (Fsp3) is 0.316. The fourth-order valence-corrected chi connectivity index (χ4v) is 6.33. The lowest BCUT2D eigenvalue weighted by Crippen LogP contribution is -2.32. The number of nitro benzene ring substituents is 2. The summed E-state index contributed by atoms with van der Waals surface area (Å²) >= 11 is 8.05. The largest absolute Gasteiger partial charge is 0.545 e. The molecule has 0 amide bonds. The number of para-hydroxylation sites is 1. The van der Waals surface area contributed by atoms with Gasteiger partial charge in [0, 0.05) is 35.4 Å². The van der Waals surface area contributed by atoms with Crippen molar-refractivity contribution in [1.82, 2.24) is 0 Å². The molecule has 0 saturated heterocycles. The lowest BCUT2D eigenvalue weighted by atomic mass is 9.82. The molecule has 1 heterocycles. The molecule has 156 valence electrons. The zero-order chi connectivity index (χ0) is 21.6. The molecule has 9 nitrogen and oxygen atoms in total. The first-order valence-corrected chi connectivity index (χ1v) is 10.4. The number of halogens is 1. The number of fused-ring (bicyclic) bond motifs is 3. The number of thioether (sulfide) groups is 1. The van der Waals surface area contributed by atoms with Crippen molar-refractivity contribution in [2.75, 3.05) is 11.9 Å². The van der Waals surface area contributed by atoms with Crippen LogP contribution in [0.4, 0.5) is 17.1 Å². The Bertz CT molecular complexity index is 1060. The Morgan fingerprint density at radius 2 is 1.80 bits per heavy atom. The van der Waals surface area contributed by atoms with Crippen molar-refractivity contribution in [2.24, 2.45) is 5.92 Å². The van der Waals surface area contributed by atoms with Crippen molar-refractivity contribution in [3.05, 3.63) is 67.8 Å². The molecule has 1 fully saturated rings. The van der Waals surface area contributed by atoms with Crippen molar-refractivity contribution in [2.45, 2.75) is 27.9 Å². The van der Waals surface area contributed by atoms with Crippen LogP contribution in [0.5, 0.6) is 0 Å². The number of nitrogens with zero attached hydrogens (tertiary/aromatic N) is 2. The van der Waals surface area contributed by atoms with E-state index in [-0.39, 0.29) is 39.4 Å². The van der Waals surface area contributed by atoms with Crippen molar-refractivity contribution < 1.29 is 19.7 Å². The van der Waals surface area contributed by atoms with Gasteiger partial charge in [0.2, 0.25) is 0 Å². The van der Waals surface area contributed by atoms with Crippen LogP contribution in [0.15, 0.2) is 41.3 Å². The molecular formula is C19H15ClN3O6S-. The number of carboxylic acids is 1. The quantitative estimate of drug-likeness (QED) is 0.418. The van der Waals surface area contributed by atoms with Crippen molar-refractivity contribution in [3.8, 4) is 0 Å². The molecule has 1 saturated carbocycles. The molecule has 0 bridgehead atoms. The van der Waals surface area contributed by atoms with E-state index in [1.165, 1.54) is 23.9 Å². The van der Waals surface area contributed by atoms with E-state index in [0.29, 0.717) is 17.9 Å². The molecule has 1 aliphatic carbocycles. The van der Waals surface area contributed by atoms with E-state index in [1.807, 2.05) is 0 Å².